The fraction of sp³-hybridized carbons (Fsp3) is 0.148. The third-order valence-electron chi connectivity index (χ3n) is 5.31. The zero-order valence-electron chi connectivity index (χ0n) is 19.2. The van der Waals surface area contributed by atoms with E-state index in [0.717, 1.165) is 21.7 Å². The van der Waals surface area contributed by atoms with Crippen LogP contribution >= 0.6 is 22.9 Å². The molecule has 0 unspecified atom stereocenters. The van der Waals surface area contributed by atoms with Gasteiger partial charge in [0.2, 0.25) is 5.91 Å². The number of rotatable bonds is 9. The van der Waals surface area contributed by atoms with Gasteiger partial charge in [-0.3, -0.25) is 9.59 Å². The van der Waals surface area contributed by atoms with Crippen LogP contribution in [0.3, 0.4) is 0 Å². The van der Waals surface area contributed by atoms with Crippen molar-refractivity contribution in [3.8, 4) is 33.2 Å². The highest BCUT2D eigenvalue weighted by molar-refractivity contribution is 7.19. The van der Waals surface area contributed by atoms with Crippen molar-refractivity contribution in [2.75, 3.05) is 19.5 Å². The van der Waals surface area contributed by atoms with E-state index < -0.39 is 0 Å². The lowest BCUT2D eigenvalue weighted by Gasteiger charge is -2.09. The summed E-state index contributed by atoms with van der Waals surface area (Å²) in [6.45, 7) is 0. The molecule has 1 heterocycles. The summed E-state index contributed by atoms with van der Waals surface area (Å²) in [5.74, 6) is 0.485. The van der Waals surface area contributed by atoms with E-state index in [9.17, 15) is 9.59 Å². The minimum absolute atomic E-state index is 0.00965. The SMILES string of the molecule is COc1ccc(OC)c(C(=O)CCC(=O)Nc2nc(-c3ccccc3)c(-c3ccc(Cl)cc3)s2)c1. The Bertz CT molecular complexity index is 1340. The lowest BCUT2D eigenvalue weighted by molar-refractivity contribution is -0.116. The van der Waals surface area contributed by atoms with Crippen LogP contribution in [0.5, 0.6) is 11.5 Å². The Labute approximate surface area is 212 Å². The number of methoxy groups -OCH3 is 2. The van der Waals surface area contributed by atoms with Crippen LogP contribution in [0, 0.1) is 0 Å². The van der Waals surface area contributed by atoms with E-state index in [-0.39, 0.29) is 24.5 Å². The highest BCUT2D eigenvalue weighted by Crippen LogP contribution is 2.39. The molecule has 178 valence electrons. The molecular weight excluding hydrogens is 484 g/mol. The maximum Gasteiger partial charge on any atom is 0.226 e. The fourth-order valence-corrected chi connectivity index (χ4v) is 4.67. The predicted molar refractivity (Wildman–Crippen MR) is 140 cm³/mol. The van der Waals surface area contributed by atoms with Crippen LogP contribution in [-0.4, -0.2) is 30.9 Å². The van der Waals surface area contributed by atoms with Gasteiger partial charge in [0.15, 0.2) is 10.9 Å². The van der Waals surface area contributed by atoms with Crippen molar-refractivity contribution in [2.45, 2.75) is 12.8 Å². The summed E-state index contributed by atoms with van der Waals surface area (Å²) in [4.78, 5) is 31.1. The second-order valence-electron chi connectivity index (χ2n) is 7.61. The number of carbonyl (C=O) groups excluding carboxylic acids is 2. The fourth-order valence-electron chi connectivity index (χ4n) is 3.54. The molecule has 6 nitrogen and oxygen atoms in total. The zero-order chi connectivity index (χ0) is 24.8. The Hall–Kier alpha value is -3.68. The van der Waals surface area contributed by atoms with Gasteiger partial charge in [0.25, 0.3) is 0 Å². The molecule has 35 heavy (non-hydrogen) atoms. The number of Topliss-reactive ketones (excluding diaryl/α,β-unsaturated/α-hetero) is 1. The summed E-state index contributed by atoms with van der Waals surface area (Å²) >= 11 is 7.43. The Morgan fingerprint density at radius 3 is 2.34 bits per heavy atom. The van der Waals surface area contributed by atoms with Gasteiger partial charge in [0.05, 0.1) is 30.4 Å². The average molecular weight is 507 g/mol. The van der Waals surface area contributed by atoms with Gasteiger partial charge in [-0.25, -0.2) is 4.98 Å². The average Bonchev–Trinajstić information content (AvgIpc) is 3.31. The number of nitrogens with one attached hydrogen (secondary N) is 1. The molecular formula is C27H23ClN2O4S. The summed E-state index contributed by atoms with van der Waals surface area (Å²) in [5.41, 5.74) is 3.04. The number of amides is 1. The van der Waals surface area contributed by atoms with Crippen LogP contribution in [0.1, 0.15) is 23.2 Å². The van der Waals surface area contributed by atoms with Crippen molar-refractivity contribution >= 4 is 39.8 Å². The van der Waals surface area contributed by atoms with E-state index in [4.69, 9.17) is 21.1 Å². The van der Waals surface area contributed by atoms with Crippen LogP contribution in [0.15, 0.2) is 72.8 Å². The van der Waals surface area contributed by atoms with Gasteiger partial charge < -0.3 is 14.8 Å². The molecule has 0 atom stereocenters. The number of carbonyl (C=O) groups is 2. The highest BCUT2D eigenvalue weighted by atomic mass is 35.5. The normalized spacial score (nSPS) is 10.6. The van der Waals surface area contributed by atoms with Crippen LogP contribution in [0.25, 0.3) is 21.7 Å². The summed E-state index contributed by atoms with van der Waals surface area (Å²) in [6.07, 6.45) is 0.0338. The standard InChI is InChI=1S/C27H23ClN2O4S/c1-33-20-12-14-23(34-2)21(16-20)22(31)13-15-24(32)29-27-30-25(17-6-4-3-5-7-17)26(35-27)18-8-10-19(28)11-9-18/h3-12,14,16H,13,15H2,1-2H3,(H,29,30,32). The maximum absolute atomic E-state index is 12.8. The van der Waals surface area contributed by atoms with Gasteiger partial charge in [-0.2, -0.15) is 0 Å². The van der Waals surface area contributed by atoms with Gasteiger partial charge in [0.1, 0.15) is 11.5 Å². The van der Waals surface area contributed by atoms with E-state index in [1.807, 2.05) is 54.6 Å². The number of thiazole rings is 1. The number of ether oxygens (including phenoxy) is 2. The third-order valence-corrected chi connectivity index (χ3v) is 6.59. The lowest BCUT2D eigenvalue weighted by Crippen LogP contribution is -2.13. The first kappa shape index (κ1) is 24.4. The van der Waals surface area contributed by atoms with Crippen LogP contribution < -0.4 is 14.8 Å². The quantitative estimate of drug-likeness (QED) is 0.254. The first-order valence-electron chi connectivity index (χ1n) is 10.9. The monoisotopic (exact) mass is 506 g/mol. The molecule has 0 saturated carbocycles. The molecule has 0 aliphatic heterocycles. The van der Waals surface area contributed by atoms with E-state index >= 15 is 0 Å². The van der Waals surface area contributed by atoms with E-state index in [1.54, 1.807) is 18.2 Å². The van der Waals surface area contributed by atoms with Crippen LogP contribution in [-0.2, 0) is 4.79 Å². The van der Waals surface area contributed by atoms with Gasteiger partial charge in [-0.05, 0) is 35.9 Å². The molecule has 3 aromatic carbocycles. The van der Waals surface area contributed by atoms with Crippen molar-refractivity contribution in [1.82, 2.24) is 4.98 Å². The van der Waals surface area contributed by atoms with Crippen molar-refractivity contribution in [1.29, 1.82) is 0 Å². The molecule has 0 aliphatic carbocycles. The molecule has 4 rings (SSSR count). The lowest BCUT2D eigenvalue weighted by atomic mass is 10.0. The second-order valence-corrected chi connectivity index (χ2v) is 9.04. The first-order chi connectivity index (χ1) is 17.0. The number of hydrogen-bond acceptors (Lipinski definition) is 6. The smallest absolute Gasteiger partial charge is 0.226 e. The molecule has 0 fully saturated rings. The Balaban J connectivity index is 1.51. The molecule has 0 radical (unpaired) electrons. The van der Waals surface area contributed by atoms with Gasteiger partial charge >= 0.3 is 0 Å². The topological polar surface area (TPSA) is 77.5 Å². The number of halogens is 1. The van der Waals surface area contributed by atoms with Crippen LogP contribution in [0.4, 0.5) is 5.13 Å². The maximum atomic E-state index is 12.8. The van der Waals surface area contributed by atoms with Crippen molar-refractivity contribution in [3.05, 3.63) is 83.4 Å². The number of nitrogens with zero attached hydrogens (tertiary/aromatic N) is 1. The van der Waals surface area contributed by atoms with E-state index in [1.165, 1.54) is 25.6 Å². The highest BCUT2D eigenvalue weighted by Gasteiger charge is 2.18. The van der Waals surface area contributed by atoms with Gasteiger partial charge in [0, 0.05) is 23.4 Å². The second kappa shape index (κ2) is 11.2. The van der Waals surface area contributed by atoms with Gasteiger partial charge in [-0.1, -0.05) is 65.4 Å². The van der Waals surface area contributed by atoms with E-state index in [2.05, 4.69) is 10.3 Å². The molecule has 4 aromatic rings. The number of aromatic nitrogens is 1. The number of benzene rings is 3. The molecule has 1 N–H and O–H groups in total. The van der Waals surface area contributed by atoms with Crippen molar-refractivity contribution in [2.24, 2.45) is 0 Å². The van der Waals surface area contributed by atoms with E-state index in [0.29, 0.717) is 27.2 Å². The number of ketones is 1. The molecule has 1 amide bonds. The van der Waals surface area contributed by atoms with Crippen molar-refractivity contribution < 1.29 is 19.1 Å². The molecule has 1 aromatic heterocycles. The Morgan fingerprint density at radius 1 is 0.914 bits per heavy atom. The van der Waals surface area contributed by atoms with Gasteiger partial charge in [-0.15, -0.1) is 0 Å². The summed E-state index contributed by atoms with van der Waals surface area (Å²) < 4.78 is 10.5. The zero-order valence-corrected chi connectivity index (χ0v) is 20.8. The molecule has 0 spiro atoms. The van der Waals surface area contributed by atoms with Crippen LogP contribution in [0.2, 0.25) is 5.02 Å². The number of anilines is 1. The summed E-state index contributed by atoms with van der Waals surface area (Å²) in [6, 6.07) is 22.3. The molecule has 0 saturated heterocycles. The minimum Gasteiger partial charge on any atom is -0.497 e. The summed E-state index contributed by atoms with van der Waals surface area (Å²) in [7, 11) is 3.02. The molecule has 0 aliphatic rings. The predicted octanol–water partition coefficient (Wildman–Crippen LogP) is 6.75. The Morgan fingerprint density at radius 2 is 1.66 bits per heavy atom. The molecule has 8 heteroatoms. The molecule has 0 bridgehead atoms. The third kappa shape index (κ3) is 5.88. The first-order valence-corrected chi connectivity index (χ1v) is 12.0. The van der Waals surface area contributed by atoms with Crippen molar-refractivity contribution in [3.63, 3.8) is 0 Å². The minimum atomic E-state index is -0.295. The summed E-state index contributed by atoms with van der Waals surface area (Å²) in [5, 5.41) is 3.95. The largest absolute Gasteiger partial charge is 0.497 e. The number of hydrogen-bond donors (Lipinski definition) is 1. The Kier molecular flexibility index (Phi) is 7.80.